The fourth-order valence-electron chi connectivity index (χ4n) is 3.68. The quantitative estimate of drug-likeness (QED) is 0.404. The van der Waals surface area contributed by atoms with Crippen molar-refractivity contribution in [1.82, 2.24) is 24.8 Å². The van der Waals surface area contributed by atoms with Crippen molar-refractivity contribution in [1.29, 1.82) is 0 Å². The van der Waals surface area contributed by atoms with E-state index in [2.05, 4.69) is 36.0 Å². The Balaban J connectivity index is 1.59. The second-order valence-electron chi connectivity index (χ2n) is 9.23. The van der Waals surface area contributed by atoms with E-state index in [1.807, 2.05) is 0 Å². The number of amides is 2. The highest BCUT2D eigenvalue weighted by Gasteiger charge is 2.36. The van der Waals surface area contributed by atoms with Gasteiger partial charge in [-0.15, -0.1) is 0 Å². The summed E-state index contributed by atoms with van der Waals surface area (Å²) in [5, 5.41) is 2.62. The van der Waals surface area contributed by atoms with Gasteiger partial charge in [0.25, 0.3) is 12.3 Å². The molecule has 2 aromatic heterocycles. The molecule has 4 rings (SSSR count). The van der Waals surface area contributed by atoms with Crippen LogP contribution in [0.25, 0.3) is 16.9 Å². The van der Waals surface area contributed by atoms with E-state index < -0.39 is 47.9 Å². The molecule has 0 bridgehead atoms. The van der Waals surface area contributed by atoms with Crippen molar-refractivity contribution in [2.75, 3.05) is 13.1 Å². The van der Waals surface area contributed by atoms with Crippen LogP contribution in [0.2, 0.25) is 0 Å². The monoisotopic (exact) mass is 587 g/mol. The number of carbonyl (C=O) groups excluding carboxylic acids is 2. The number of aromatic nitrogens is 3. The first-order valence-electron chi connectivity index (χ1n) is 11.0. The largest absolute Gasteiger partial charge is 0.444 e. The number of carbonyl (C=O) groups is 2. The first-order chi connectivity index (χ1) is 17.3. The second kappa shape index (κ2) is 10.1. The molecule has 2 amide bonds. The molecule has 0 spiro atoms. The molecule has 3 heterocycles. The summed E-state index contributed by atoms with van der Waals surface area (Å²) in [5.74, 6) is -0.827. The number of alkyl halides is 4. The highest BCUT2D eigenvalue weighted by atomic mass is 79.9. The van der Waals surface area contributed by atoms with Crippen LogP contribution < -0.4 is 10.1 Å². The van der Waals surface area contributed by atoms with Crippen molar-refractivity contribution >= 4 is 39.0 Å². The zero-order valence-corrected chi connectivity index (χ0v) is 21.4. The molecule has 37 heavy (non-hydrogen) atoms. The zero-order valence-electron chi connectivity index (χ0n) is 19.8. The Bertz CT molecular complexity index is 1340. The minimum Gasteiger partial charge on any atom is -0.444 e. The predicted molar refractivity (Wildman–Crippen MR) is 127 cm³/mol. The zero-order chi connectivity index (χ0) is 27.1. The first-order valence-corrected chi connectivity index (χ1v) is 11.8. The van der Waals surface area contributed by atoms with Gasteiger partial charge in [0.05, 0.1) is 21.5 Å². The lowest BCUT2D eigenvalue weighted by molar-refractivity contribution is -0.0502. The maximum absolute atomic E-state index is 13.7. The average molecular weight is 588 g/mol. The average Bonchev–Trinajstić information content (AvgIpc) is 3.16. The van der Waals surface area contributed by atoms with Crippen LogP contribution in [0, 0.1) is 0 Å². The Kier molecular flexibility index (Phi) is 7.31. The number of nitrogens with zero attached hydrogens (tertiary/aromatic N) is 4. The Morgan fingerprint density at radius 3 is 2.49 bits per heavy atom. The lowest BCUT2D eigenvalue weighted by atomic mass is 10.1. The minimum atomic E-state index is -3.07. The highest BCUT2D eigenvalue weighted by molar-refractivity contribution is 9.10. The van der Waals surface area contributed by atoms with Crippen LogP contribution in [0.4, 0.5) is 22.4 Å². The summed E-state index contributed by atoms with van der Waals surface area (Å²) in [6.07, 6.45) is -2.29. The molecule has 1 fully saturated rings. The molecular formula is C23H22BrF4N5O4. The number of hydrogen-bond donors (Lipinski definition) is 1. The van der Waals surface area contributed by atoms with Crippen molar-refractivity contribution in [2.24, 2.45) is 0 Å². The fraction of sp³-hybridized carbons (Fsp3) is 0.391. The number of likely N-dealkylation sites (tertiary alicyclic amines) is 1. The molecule has 1 saturated heterocycles. The van der Waals surface area contributed by atoms with Crippen molar-refractivity contribution in [2.45, 2.75) is 45.5 Å². The third kappa shape index (κ3) is 5.95. The number of hydrogen-bond acceptors (Lipinski definition) is 6. The van der Waals surface area contributed by atoms with E-state index in [9.17, 15) is 27.2 Å². The van der Waals surface area contributed by atoms with Crippen molar-refractivity contribution in [3.8, 4) is 11.6 Å². The maximum Gasteiger partial charge on any atom is 0.407 e. The number of ether oxygens (including phenoxy) is 2. The van der Waals surface area contributed by atoms with E-state index in [0.717, 1.165) is 6.07 Å². The molecule has 14 heteroatoms. The van der Waals surface area contributed by atoms with Crippen LogP contribution in [-0.2, 0) is 4.74 Å². The molecule has 0 aliphatic carbocycles. The molecule has 0 radical (unpaired) electrons. The lowest BCUT2D eigenvalue weighted by Gasteiger charge is -2.39. The summed E-state index contributed by atoms with van der Waals surface area (Å²) in [6.45, 7) is 2.24. The number of halogens is 5. The van der Waals surface area contributed by atoms with E-state index >= 15 is 0 Å². The number of alkyl carbamates (subject to hydrolysis) is 1. The predicted octanol–water partition coefficient (Wildman–Crippen LogP) is 5.07. The van der Waals surface area contributed by atoms with Crippen LogP contribution in [0.15, 0.2) is 35.1 Å². The molecule has 1 aliphatic rings. The maximum atomic E-state index is 13.7. The van der Waals surface area contributed by atoms with E-state index in [4.69, 9.17) is 4.74 Å². The van der Waals surface area contributed by atoms with Crippen LogP contribution in [0.3, 0.4) is 0 Å². The van der Waals surface area contributed by atoms with Gasteiger partial charge in [-0.25, -0.2) is 23.5 Å². The number of nitrogens with one attached hydrogen (secondary N) is 1. The van der Waals surface area contributed by atoms with Crippen molar-refractivity contribution in [3.05, 3.63) is 46.3 Å². The molecule has 3 aromatic rings. The minimum absolute atomic E-state index is 0.0736. The van der Waals surface area contributed by atoms with Gasteiger partial charge in [0.15, 0.2) is 0 Å². The second-order valence-corrected chi connectivity index (χ2v) is 10.1. The SMILES string of the molecule is CC(C)(C)OC(=O)NC1CN(C(=O)c2nc(-n3cnc4cc(Br)c(OC(F)F)cc43)ccc2C(F)F)C1. The number of benzene rings is 1. The van der Waals surface area contributed by atoms with Gasteiger partial charge in [-0.05, 0) is 54.9 Å². The molecule has 0 unspecified atom stereocenters. The van der Waals surface area contributed by atoms with Gasteiger partial charge in [0, 0.05) is 24.7 Å². The molecular weight excluding hydrogens is 566 g/mol. The van der Waals surface area contributed by atoms with Crippen LogP contribution in [0.1, 0.15) is 43.2 Å². The first kappa shape index (κ1) is 26.6. The molecule has 0 saturated carbocycles. The molecule has 0 atom stereocenters. The summed E-state index contributed by atoms with van der Waals surface area (Å²) in [4.78, 5) is 34.6. The third-order valence-corrected chi connectivity index (χ3v) is 5.92. The van der Waals surface area contributed by atoms with E-state index in [1.165, 1.54) is 34.0 Å². The molecule has 1 aromatic carbocycles. The van der Waals surface area contributed by atoms with Crippen molar-refractivity contribution in [3.63, 3.8) is 0 Å². The lowest BCUT2D eigenvalue weighted by Crippen LogP contribution is -2.61. The van der Waals surface area contributed by atoms with Gasteiger partial charge >= 0.3 is 12.7 Å². The smallest absolute Gasteiger partial charge is 0.407 e. The third-order valence-electron chi connectivity index (χ3n) is 5.30. The standard InChI is InChI=1S/C23H22BrF4N5O4/c1-23(2,3)37-22(35)30-11-8-32(9-11)20(34)18-12(19(25)26)4-5-17(31-18)33-10-29-14-6-13(24)16(7-15(14)33)36-21(27)28/h4-7,10-11,19,21H,8-9H2,1-3H3,(H,30,35). The van der Waals surface area contributed by atoms with Crippen LogP contribution in [-0.4, -0.2) is 62.8 Å². The van der Waals surface area contributed by atoms with E-state index in [1.54, 1.807) is 20.8 Å². The molecule has 9 nitrogen and oxygen atoms in total. The Hall–Kier alpha value is -3.42. The van der Waals surface area contributed by atoms with Gasteiger partial charge < -0.3 is 19.7 Å². The van der Waals surface area contributed by atoms with E-state index in [-0.39, 0.29) is 29.1 Å². The van der Waals surface area contributed by atoms with E-state index in [0.29, 0.717) is 11.0 Å². The Labute approximate surface area is 216 Å². The van der Waals surface area contributed by atoms with Crippen molar-refractivity contribution < 1.29 is 36.6 Å². The normalized spacial score (nSPS) is 14.3. The summed E-state index contributed by atoms with van der Waals surface area (Å²) in [5.41, 5.74) is -1.03. The summed E-state index contributed by atoms with van der Waals surface area (Å²) < 4.78 is 64.3. The summed E-state index contributed by atoms with van der Waals surface area (Å²) >= 11 is 3.14. The molecule has 1 N–H and O–H groups in total. The number of rotatable bonds is 6. The van der Waals surface area contributed by atoms with Crippen LogP contribution in [0.5, 0.6) is 5.75 Å². The number of pyridine rings is 1. The Morgan fingerprint density at radius 2 is 1.86 bits per heavy atom. The summed E-state index contributed by atoms with van der Waals surface area (Å²) in [6, 6.07) is 4.71. The fourth-order valence-corrected chi connectivity index (χ4v) is 4.11. The Morgan fingerprint density at radius 1 is 1.16 bits per heavy atom. The topological polar surface area (TPSA) is 98.6 Å². The highest BCUT2D eigenvalue weighted by Crippen LogP contribution is 2.33. The van der Waals surface area contributed by atoms with Crippen LogP contribution >= 0.6 is 15.9 Å². The van der Waals surface area contributed by atoms with Gasteiger partial charge in [0.1, 0.15) is 29.2 Å². The number of imidazole rings is 1. The number of fused-ring (bicyclic) bond motifs is 1. The molecule has 198 valence electrons. The van der Waals surface area contributed by atoms with Gasteiger partial charge in [0.2, 0.25) is 0 Å². The summed E-state index contributed by atoms with van der Waals surface area (Å²) in [7, 11) is 0. The van der Waals surface area contributed by atoms with Gasteiger partial charge in [-0.3, -0.25) is 9.36 Å². The van der Waals surface area contributed by atoms with Gasteiger partial charge in [-0.2, -0.15) is 8.78 Å². The van der Waals surface area contributed by atoms with Gasteiger partial charge in [-0.1, -0.05) is 0 Å². The molecule has 1 aliphatic heterocycles.